The van der Waals surface area contributed by atoms with E-state index in [0.717, 1.165) is 70.3 Å². The number of pyridine rings is 1. The van der Waals surface area contributed by atoms with Crippen molar-refractivity contribution in [1.82, 2.24) is 4.98 Å². The van der Waals surface area contributed by atoms with E-state index in [0.29, 0.717) is 6.05 Å². The van der Waals surface area contributed by atoms with Crippen LogP contribution < -0.4 is 9.92 Å². The molecule has 1 atom stereocenters. The summed E-state index contributed by atoms with van der Waals surface area (Å²) >= 11 is 0. The molecule has 1 unspecified atom stereocenters. The van der Waals surface area contributed by atoms with E-state index in [2.05, 4.69) is 95.0 Å². The topological polar surface area (TPSA) is 59.4 Å². The summed E-state index contributed by atoms with van der Waals surface area (Å²) in [5.74, 6) is 1.66. The van der Waals surface area contributed by atoms with Gasteiger partial charge >= 0.3 is 0 Å². The number of rotatable bonds is 10. The summed E-state index contributed by atoms with van der Waals surface area (Å²) in [7, 11) is -1.42. The number of ether oxygens (including phenoxy) is 1. The molecule has 1 aliphatic carbocycles. The smallest absolute Gasteiger partial charge is 0.162 e. The first-order chi connectivity index (χ1) is 23.7. The van der Waals surface area contributed by atoms with E-state index in [1.165, 1.54) is 22.2 Å². The Hall–Kier alpha value is -3.31. The molecule has 0 saturated heterocycles. The Kier molecular flexibility index (Phi) is 12.1. The van der Waals surface area contributed by atoms with Gasteiger partial charge in [-0.05, 0) is 67.3 Å². The van der Waals surface area contributed by atoms with Crippen molar-refractivity contribution >= 4 is 41.4 Å². The van der Waals surface area contributed by atoms with Crippen molar-refractivity contribution in [2.24, 2.45) is 11.8 Å². The van der Waals surface area contributed by atoms with Crippen molar-refractivity contribution < 1.29 is 36.1 Å². The summed E-state index contributed by atoms with van der Waals surface area (Å²) < 4.78 is 16.3. The van der Waals surface area contributed by atoms with Crippen LogP contribution in [-0.2, 0) is 30.5 Å². The molecule has 6 heteroatoms. The first kappa shape index (κ1) is 37.9. The average molecular weight is 866 g/mol. The molecular weight excluding hydrogens is 811 g/mol. The number of carbonyl (C=O) groups excluding carboxylic acids is 1. The molecule has 1 aliphatic heterocycles. The zero-order chi connectivity index (χ0) is 36.5. The Morgan fingerprint density at radius 2 is 1.60 bits per heavy atom. The predicted molar refractivity (Wildman–Crippen MR) is 209 cm³/mol. The molecule has 2 aliphatic rings. The van der Waals surface area contributed by atoms with Gasteiger partial charge in [0.05, 0.1) is 21.0 Å². The maximum absolute atomic E-state index is 11.7. The number of hydrogen-bond donors (Lipinski definition) is 1. The van der Waals surface area contributed by atoms with Gasteiger partial charge in [-0.3, -0.25) is 9.78 Å². The summed E-state index contributed by atoms with van der Waals surface area (Å²) in [5, 5.41) is 13.4. The van der Waals surface area contributed by atoms with Crippen molar-refractivity contribution in [3.8, 4) is 17.0 Å². The Balaban J connectivity index is 0.000000312. The minimum Gasteiger partial charge on any atom is -0.514 e. The van der Waals surface area contributed by atoms with Crippen molar-refractivity contribution in [3.05, 3.63) is 101 Å². The van der Waals surface area contributed by atoms with Gasteiger partial charge in [0.2, 0.25) is 0 Å². The van der Waals surface area contributed by atoms with Crippen LogP contribution in [0.4, 0.5) is 0 Å². The number of aliphatic hydroxyl groups is 1. The van der Waals surface area contributed by atoms with Gasteiger partial charge in [-0.2, -0.15) is 0 Å². The van der Waals surface area contributed by atoms with Gasteiger partial charge in [0.15, 0.2) is 5.78 Å². The largest absolute Gasteiger partial charge is 0.514 e. The fourth-order valence-corrected chi connectivity index (χ4v) is 8.48. The monoisotopic (exact) mass is 866 g/mol. The molecule has 1 aromatic heterocycles. The molecule has 50 heavy (non-hydrogen) atoms. The van der Waals surface area contributed by atoms with E-state index in [4.69, 9.17) is 9.72 Å². The molecule has 0 spiro atoms. The number of allylic oxidation sites excluding steroid dienone is 2. The molecule has 1 radical (unpaired) electrons. The maximum Gasteiger partial charge on any atom is 0.162 e. The van der Waals surface area contributed by atoms with E-state index in [9.17, 15) is 11.3 Å². The van der Waals surface area contributed by atoms with Crippen molar-refractivity contribution in [3.63, 3.8) is 0 Å². The first-order valence-corrected chi connectivity index (χ1v) is 21.6. The molecule has 2 heterocycles. The third-order valence-electron chi connectivity index (χ3n) is 10.4. The Morgan fingerprint density at radius 3 is 2.18 bits per heavy atom. The fraction of sp³-hybridized carbons (Fsp3) is 0.409. The molecule has 4 nitrogen and oxygen atoms in total. The summed E-state index contributed by atoms with van der Waals surface area (Å²) in [4.78, 5) is 16.6. The van der Waals surface area contributed by atoms with Crippen LogP contribution in [0.15, 0.2) is 72.6 Å². The second-order valence-corrected chi connectivity index (χ2v) is 20.1. The second kappa shape index (κ2) is 15.9. The van der Waals surface area contributed by atoms with E-state index < -0.39 is 13.7 Å². The number of nitrogens with zero attached hydrogens (tertiary/aromatic N) is 1. The van der Waals surface area contributed by atoms with Crippen LogP contribution in [0, 0.1) is 17.9 Å². The Morgan fingerprint density at radius 1 is 0.980 bits per heavy atom. The van der Waals surface area contributed by atoms with Crippen LogP contribution in [0.5, 0.6) is 5.75 Å². The Labute approximate surface area is 316 Å². The molecule has 0 bridgehead atoms. The van der Waals surface area contributed by atoms with E-state index in [1.807, 2.05) is 40.0 Å². The third kappa shape index (κ3) is 7.49. The number of benzene rings is 3. The molecule has 267 valence electrons. The van der Waals surface area contributed by atoms with E-state index >= 15 is 0 Å². The zero-order valence-corrected chi connectivity index (χ0v) is 34.9. The molecule has 0 saturated carbocycles. The SMILES string of the molecule is CCC(CC)C(=O)/C=C(\O)C(CC)CC.[2H]C1=C(c2ccc([Si](C)(C)C)cc2)C2(C)Oc3c([c-]c4ccccc4c3C(C)C)-c3nccc1c32.[Ir]. The van der Waals surface area contributed by atoms with Gasteiger partial charge in [0, 0.05) is 55.5 Å². The predicted octanol–water partition coefficient (Wildman–Crippen LogP) is 11.4. The van der Waals surface area contributed by atoms with Gasteiger partial charge in [-0.25, -0.2) is 0 Å². The van der Waals surface area contributed by atoms with Gasteiger partial charge < -0.3 is 9.84 Å². The summed E-state index contributed by atoms with van der Waals surface area (Å²) in [6.07, 6.45) is 6.73. The van der Waals surface area contributed by atoms with Crippen molar-refractivity contribution in [2.45, 2.75) is 105 Å². The summed E-state index contributed by atoms with van der Waals surface area (Å²) in [6, 6.07) is 23.3. The average Bonchev–Trinajstić information content (AvgIpc) is 3.31. The van der Waals surface area contributed by atoms with Crippen molar-refractivity contribution in [1.29, 1.82) is 0 Å². The third-order valence-corrected chi connectivity index (χ3v) is 12.4. The molecule has 0 amide bonds. The van der Waals surface area contributed by atoms with Gasteiger partial charge in [-0.15, -0.1) is 17.5 Å². The zero-order valence-electron chi connectivity index (χ0n) is 32.5. The van der Waals surface area contributed by atoms with Crippen molar-refractivity contribution in [2.75, 3.05) is 0 Å². The molecule has 1 N–H and O–H groups in total. The maximum atomic E-state index is 11.7. The van der Waals surface area contributed by atoms with Crippen LogP contribution in [0.1, 0.15) is 104 Å². The normalized spacial score (nSPS) is 16.8. The molecule has 6 rings (SSSR count). The number of ketones is 1. The van der Waals surface area contributed by atoms with Gasteiger partial charge in [0.25, 0.3) is 0 Å². The van der Waals surface area contributed by atoms with Crippen LogP contribution in [-0.4, -0.2) is 23.9 Å². The molecule has 4 aromatic rings. The number of aliphatic hydroxyl groups excluding tert-OH is 1. The molecular formula is C44H54IrNO3Si-. The first-order valence-electron chi connectivity index (χ1n) is 18.6. The molecule has 3 aromatic carbocycles. The number of fused-ring (bicyclic) bond motifs is 3. The second-order valence-electron chi connectivity index (χ2n) is 15.0. The standard InChI is InChI=1S/C31H30NOSi.C13H24O2.Ir/c1-19(2)27-24-10-8-7-9-21(24)17-25-29-28-22(15-16-32-29)18-26(31(28,3)33-30(25)27)20-11-13-23(14-12-20)34(4,5)6;1-5-10(6-2)12(14)9-13(15)11(7-3)8-4;/h7-16,18-19H,1-6H3;9-11,14H,5-8H2,1-4H3;/q-1;;/b;12-9-;/i18D;;. The van der Waals surface area contributed by atoms with Gasteiger partial charge in [0.1, 0.15) is 5.60 Å². The van der Waals surface area contributed by atoms with Gasteiger partial charge in [-0.1, -0.05) is 125 Å². The molecule has 0 fully saturated rings. The number of carbonyl (C=O) groups is 1. The Bertz CT molecular complexity index is 1950. The number of hydrogen-bond acceptors (Lipinski definition) is 4. The fourth-order valence-electron chi connectivity index (χ4n) is 7.31. The van der Waals surface area contributed by atoms with E-state index in [1.54, 1.807) is 0 Å². The van der Waals surface area contributed by atoms with Crippen LogP contribution in [0.2, 0.25) is 19.6 Å². The minimum atomic E-state index is -1.42. The summed E-state index contributed by atoms with van der Waals surface area (Å²) in [6.45, 7) is 21.7. The number of aromatic nitrogens is 1. The minimum absolute atomic E-state index is 0. The van der Waals surface area contributed by atoms with Crippen LogP contribution in [0.3, 0.4) is 0 Å². The van der Waals surface area contributed by atoms with Crippen LogP contribution >= 0.6 is 0 Å². The van der Waals surface area contributed by atoms with Crippen LogP contribution in [0.25, 0.3) is 33.7 Å². The van der Waals surface area contributed by atoms with E-state index in [-0.39, 0.29) is 49.4 Å². The quantitative estimate of drug-likeness (QED) is 0.0747. The summed E-state index contributed by atoms with van der Waals surface area (Å²) in [5.41, 5.74) is 6.04.